The molecule has 4 bridgehead atoms. The second-order valence-electron chi connectivity index (χ2n) is 9.69. The maximum atomic E-state index is 5.91. The molecule has 4 saturated carbocycles. The molecular weight excluding hydrogens is 246 g/mol. The van der Waals surface area contributed by atoms with Crippen LogP contribution in [0.1, 0.15) is 73.1 Å². The zero-order chi connectivity index (χ0) is 14.8. The van der Waals surface area contributed by atoms with Crippen LogP contribution < -0.4 is 11.3 Å². The van der Waals surface area contributed by atoms with Gasteiger partial charge in [-0.1, -0.05) is 13.8 Å². The van der Waals surface area contributed by atoms with Crippen LogP contribution in [-0.2, 0) is 0 Å². The molecule has 4 rings (SSSR count). The fourth-order valence-corrected chi connectivity index (χ4v) is 6.35. The fraction of sp³-hybridized carbons (Fsp3) is 0.941. The van der Waals surface area contributed by atoms with Crippen LogP contribution in [0.3, 0.4) is 0 Å². The molecule has 0 aromatic heterocycles. The molecule has 0 aliphatic heterocycles. The lowest BCUT2D eigenvalue weighted by Gasteiger charge is -2.65. The molecular formula is C17H31N3. The standard InChI is InChI=1S/C17H31N3/c1-14(2,3)19-13(20-18)17-8-12-6-15(4,10-17)9-16(5,7-12)11-17/h12H,6-11,18H2,1-5H3,(H,19,20). The van der Waals surface area contributed by atoms with Gasteiger partial charge in [-0.15, -0.1) is 0 Å². The molecule has 0 radical (unpaired) electrons. The zero-order valence-electron chi connectivity index (χ0n) is 13.8. The van der Waals surface area contributed by atoms with Gasteiger partial charge in [-0.3, -0.25) is 4.99 Å². The van der Waals surface area contributed by atoms with E-state index < -0.39 is 0 Å². The first-order valence-corrected chi connectivity index (χ1v) is 8.14. The van der Waals surface area contributed by atoms with E-state index in [1.165, 1.54) is 38.5 Å². The Bertz CT molecular complexity index is 428. The summed E-state index contributed by atoms with van der Waals surface area (Å²) in [5.74, 6) is 7.86. The summed E-state index contributed by atoms with van der Waals surface area (Å²) in [7, 11) is 0. The van der Waals surface area contributed by atoms with Gasteiger partial charge < -0.3 is 5.43 Å². The predicted octanol–water partition coefficient (Wildman–Crippen LogP) is 3.64. The van der Waals surface area contributed by atoms with Gasteiger partial charge in [0.2, 0.25) is 0 Å². The van der Waals surface area contributed by atoms with Gasteiger partial charge >= 0.3 is 0 Å². The summed E-state index contributed by atoms with van der Waals surface area (Å²) in [4.78, 5) is 4.96. The van der Waals surface area contributed by atoms with Crippen LogP contribution in [0.2, 0.25) is 0 Å². The molecule has 4 aliphatic carbocycles. The van der Waals surface area contributed by atoms with Gasteiger partial charge in [0, 0.05) is 5.41 Å². The summed E-state index contributed by atoms with van der Waals surface area (Å²) in [6.07, 6.45) is 8.05. The third-order valence-corrected chi connectivity index (χ3v) is 5.71. The third-order valence-electron chi connectivity index (χ3n) is 5.71. The van der Waals surface area contributed by atoms with E-state index in [1.54, 1.807) is 0 Å². The van der Waals surface area contributed by atoms with Gasteiger partial charge in [-0.2, -0.15) is 0 Å². The van der Waals surface area contributed by atoms with E-state index in [-0.39, 0.29) is 11.0 Å². The van der Waals surface area contributed by atoms with E-state index >= 15 is 0 Å². The van der Waals surface area contributed by atoms with Crippen molar-refractivity contribution in [3.05, 3.63) is 0 Å². The Balaban J connectivity index is 2.02. The summed E-state index contributed by atoms with van der Waals surface area (Å²) in [5.41, 5.74) is 4.16. The van der Waals surface area contributed by atoms with Gasteiger partial charge in [0.1, 0.15) is 5.84 Å². The SMILES string of the molecule is CC12CC3CC(C)(C1)CC(C(=NC(C)(C)C)NN)(C3)C2. The highest BCUT2D eigenvalue weighted by Crippen LogP contribution is 2.69. The highest BCUT2D eigenvalue weighted by Gasteiger charge is 2.61. The van der Waals surface area contributed by atoms with E-state index in [2.05, 4.69) is 40.0 Å². The Hall–Kier alpha value is -0.570. The van der Waals surface area contributed by atoms with E-state index in [0.29, 0.717) is 10.8 Å². The van der Waals surface area contributed by atoms with Crippen LogP contribution in [0.15, 0.2) is 4.99 Å². The number of aliphatic imine (C=N–C) groups is 1. The number of nitrogens with two attached hydrogens (primary N) is 1. The Kier molecular flexibility index (Phi) is 2.87. The molecule has 0 amide bonds. The molecule has 2 unspecified atom stereocenters. The van der Waals surface area contributed by atoms with Crippen molar-refractivity contribution >= 4 is 5.84 Å². The molecule has 3 N–H and O–H groups in total. The van der Waals surface area contributed by atoms with Crippen LogP contribution in [0.5, 0.6) is 0 Å². The van der Waals surface area contributed by atoms with Crippen LogP contribution in [0, 0.1) is 22.2 Å². The lowest BCUT2D eigenvalue weighted by molar-refractivity contribution is -0.117. The van der Waals surface area contributed by atoms with Crippen molar-refractivity contribution in [2.75, 3.05) is 0 Å². The highest BCUT2D eigenvalue weighted by molar-refractivity contribution is 5.88. The molecule has 3 nitrogen and oxygen atoms in total. The largest absolute Gasteiger partial charge is 0.312 e. The Morgan fingerprint density at radius 2 is 1.60 bits per heavy atom. The van der Waals surface area contributed by atoms with Crippen molar-refractivity contribution in [3.8, 4) is 0 Å². The smallest absolute Gasteiger partial charge is 0.117 e. The van der Waals surface area contributed by atoms with Crippen LogP contribution in [0.25, 0.3) is 0 Å². The lowest BCUT2D eigenvalue weighted by atomic mass is 9.40. The number of hydrogen-bond acceptors (Lipinski definition) is 2. The molecule has 0 aromatic rings. The summed E-state index contributed by atoms with van der Waals surface area (Å²) in [5, 5.41) is 0. The zero-order valence-corrected chi connectivity index (χ0v) is 13.8. The van der Waals surface area contributed by atoms with E-state index in [9.17, 15) is 0 Å². The molecule has 0 aromatic carbocycles. The first-order valence-electron chi connectivity index (χ1n) is 8.14. The van der Waals surface area contributed by atoms with Crippen molar-refractivity contribution in [2.24, 2.45) is 33.0 Å². The van der Waals surface area contributed by atoms with E-state index in [4.69, 9.17) is 10.8 Å². The summed E-state index contributed by atoms with van der Waals surface area (Å²) < 4.78 is 0. The van der Waals surface area contributed by atoms with Crippen molar-refractivity contribution in [3.63, 3.8) is 0 Å². The number of hydrogen-bond donors (Lipinski definition) is 2. The number of rotatable bonds is 1. The first-order chi connectivity index (χ1) is 9.07. The molecule has 4 aliphatic rings. The van der Waals surface area contributed by atoms with Crippen LogP contribution >= 0.6 is 0 Å². The molecule has 3 heteroatoms. The second-order valence-corrected chi connectivity index (χ2v) is 9.69. The average molecular weight is 277 g/mol. The number of nitrogens with one attached hydrogen (secondary N) is 1. The normalized spacial score (nSPS) is 47.7. The highest BCUT2D eigenvalue weighted by atomic mass is 15.3. The molecule has 0 spiro atoms. The van der Waals surface area contributed by atoms with Crippen molar-refractivity contribution in [1.29, 1.82) is 0 Å². The molecule has 0 heterocycles. The van der Waals surface area contributed by atoms with Gasteiger partial charge in [-0.25, -0.2) is 5.84 Å². The fourth-order valence-electron chi connectivity index (χ4n) is 6.35. The Morgan fingerprint density at radius 1 is 1.05 bits per heavy atom. The lowest BCUT2D eigenvalue weighted by Crippen LogP contribution is -2.61. The van der Waals surface area contributed by atoms with Crippen molar-refractivity contribution < 1.29 is 0 Å². The first kappa shape index (κ1) is 14.4. The molecule has 0 saturated heterocycles. The number of amidine groups is 1. The minimum Gasteiger partial charge on any atom is -0.312 e. The third kappa shape index (κ3) is 2.28. The Morgan fingerprint density at radius 3 is 2.00 bits per heavy atom. The van der Waals surface area contributed by atoms with Crippen molar-refractivity contribution in [1.82, 2.24) is 5.43 Å². The van der Waals surface area contributed by atoms with Crippen LogP contribution in [0.4, 0.5) is 0 Å². The molecule has 114 valence electrons. The van der Waals surface area contributed by atoms with Gasteiger partial charge in [-0.05, 0) is 76.0 Å². The molecule has 2 atom stereocenters. The molecule has 20 heavy (non-hydrogen) atoms. The predicted molar refractivity (Wildman–Crippen MR) is 84.4 cm³/mol. The van der Waals surface area contributed by atoms with Crippen LogP contribution in [-0.4, -0.2) is 11.4 Å². The minimum absolute atomic E-state index is 0.0627. The second kappa shape index (κ2) is 4.00. The minimum atomic E-state index is -0.0627. The topological polar surface area (TPSA) is 50.4 Å². The average Bonchev–Trinajstić information content (AvgIpc) is 2.19. The Labute approximate surface area is 123 Å². The van der Waals surface area contributed by atoms with E-state index in [0.717, 1.165) is 11.8 Å². The summed E-state index contributed by atoms with van der Waals surface area (Å²) >= 11 is 0. The van der Waals surface area contributed by atoms with Crippen molar-refractivity contribution in [2.45, 2.75) is 78.7 Å². The van der Waals surface area contributed by atoms with E-state index in [1.807, 2.05) is 0 Å². The quantitative estimate of drug-likeness (QED) is 0.333. The molecule has 4 fully saturated rings. The van der Waals surface area contributed by atoms with Gasteiger partial charge in [0.05, 0.1) is 5.54 Å². The van der Waals surface area contributed by atoms with Gasteiger partial charge in [0.25, 0.3) is 0 Å². The monoisotopic (exact) mass is 277 g/mol. The number of hydrazine groups is 1. The summed E-state index contributed by atoms with van der Waals surface area (Å²) in [6, 6.07) is 0. The number of nitrogens with zero attached hydrogens (tertiary/aromatic N) is 1. The maximum Gasteiger partial charge on any atom is 0.117 e. The van der Waals surface area contributed by atoms with Gasteiger partial charge in [0.15, 0.2) is 0 Å². The summed E-state index contributed by atoms with van der Waals surface area (Å²) in [6.45, 7) is 11.5. The maximum absolute atomic E-state index is 5.91.